The second-order valence-electron chi connectivity index (χ2n) is 6.24. The Morgan fingerprint density at radius 3 is 2.29 bits per heavy atom. The van der Waals surface area contributed by atoms with Gasteiger partial charge in [0.2, 0.25) is 0 Å². The van der Waals surface area contributed by atoms with E-state index >= 15 is 0 Å². The van der Waals surface area contributed by atoms with Crippen molar-refractivity contribution in [3.8, 4) is 0 Å². The quantitative estimate of drug-likeness (QED) is 0.929. The third-order valence-corrected chi connectivity index (χ3v) is 3.81. The molecule has 0 aromatic heterocycles. The molecular formula is C17H26N2O2. The Labute approximate surface area is 127 Å². The summed E-state index contributed by atoms with van der Waals surface area (Å²) in [7, 11) is 0. The van der Waals surface area contributed by atoms with Gasteiger partial charge in [-0.15, -0.1) is 0 Å². The molecule has 1 saturated heterocycles. The minimum Gasteiger partial charge on any atom is -0.372 e. The van der Waals surface area contributed by atoms with Crippen molar-refractivity contribution in [2.45, 2.75) is 45.9 Å². The van der Waals surface area contributed by atoms with Crippen LogP contribution in [0.3, 0.4) is 0 Å². The number of morpholine rings is 1. The SMILES string of the molecule is CC1CN(C(=O)NC(c2ccccc2)C(C)C)CC(C)O1. The monoisotopic (exact) mass is 290 g/mol. The van der Waals surface area contributed by atoms with Crippen molar-refractivity contribution in [1.82, 2.24) is 10.2 Å². The van der Waals surface area contributed by atoms with E-state index in [0.717, 1.165) is 5.56 Å². The van der Waals surface area contributed by atoms with E-state index in [1.54, 1.807) is 0 Å². The number of carbonyl (C=O) groups is 1. The summed E-state index contributed by atoms with van der Waals surface area (Å²) >= 11 is 0. The van der Waals surface area contributed by atoms with Crippen LogP contribution in [0.2, 0.25) is 0 Å². The van der Waals surface area contributed by atoms with Crippen LogP contribution in [0.15, 0.2) is 30.3 Å². The molecule has 0 spiro atoms. The van der Waals surface area contributed by atoms with Gasteiger partial charge in [0.1, 0.15) is 0 Å². The molecule has 21 heavy (non-hydrogen) atoms. The molecule has 3 unspecified atom stereocenters. The molecule has 1 aliphatic heterocycles. The number of rotatable bonds is 3. The Balaban J connectivity index is 2.05. The number of hydrogen-bond acceptors (Lipinski definition) is 2. The number of urea groups is 1. The molecule has 3 atom stereocenters. The number of nitrogens with one attached hydrogen (secondary N) is 1. The molecule has 2 rings (SSSR count). The summed E-state index contributed by atoms with van der Waals surface area (Å²) in [5.41, 5.74) is 1.15. The molecule has 4 heteroatoms. The number of ether oxygens (including phenoxy) is 1. The highest BCUT2D eigenvalue weighted by Crippen LogP contribution is 2.22. The summed E-state index contributed by atoms with van der Waals surface area (Å²) in [6, 6.07) is 10.2. The zero-order valence-electron chi connectivity index (χ0n) is 13.4. The van der Waals surface area contributed by atoms with E-state index in [4.69, 9.17) is 4.74 Å². The predicted molar refractivity (Wildman–Crippen MR) is 84.1 cm³/mol. The third kappa shape index (κ3) is 4.21. The maximum atomic E-state index is 12.5. The van der Waals surface area contributed by atoms with Crippen LogP contribution >= 0.6 is 0 Å². The van der Waals surface area contributed by atoms with Crippen LogP contribution < -0.4 is 5.32 Å². The molecule has 2 amide bonds. The highest BCUT2D eigenvalue weighted by Gasteiger charge is 2.28. The molecule has 0 saturated carbocycles. The van der Waals surface area contributed by atoms with Crippen molar-refractivity contribution in [2.75, 3.05) is 13.1 Å². The number of amides is 2. The van der Waals surface area contributed by atoms with Gasteiger partial charge in [-0.3, -0.25) is 0 Å². The van der Waals surface area contributed by atoms with E-state index in [2.05, 4.69) is 31.3 Å². The van der Waals surface area contributed by atoms with Crippen molar-refractivity contribution in [3.05, 3.63) is 35.9 Å². The molecule has 0 bridgehead atoms. The minimum atomic E-state index is -0.000414. The molecule has 1 heterocycles. The Bertz CT molecular complexity index is 451. The van der Waals surface area contributed by atoms with Crippen LogP contribution in [-0.2, 0) is 4.74 Å². The maximum absolute atomic E-state index is 12.5. The highest BCUT2D eigenvalue weighted by atomic mass is 16.5. The van der Waals surface area contributed by atoms with E-state index < -0.39 is 0 Å². The maximum Gasteiger partial charge on any atom is 0.318 e. The van der Waals surface area contributed by atoms with Crippen LogP contribution in [-0.4, -0.2) is 36.2 Å². The molecule has 1 N–H and O–H groups in total. The lowest BCUT2D eigenvalue weighted by atomic mass is 9.96. The van der Waals surface area contributed by atoms with Gasteiger partial charge >= 0.3 is 6.03 Å². The smallest absolute Gasteiger partial charge is 0.318 e. The first-order valence-corrected chi connectivity index (χ1v) is 7.73. The van der Waals surface area contributed by atoms with Gasteiger partial charge in [0.15, 0.2) is 0 Å². The van der Waals surface area contributed by atoms with E-state index in [9.17, 15) is 4.79 Å². The van der Waals surface area contributed by atoms with Crippen LogP contribution in [0.5, 0.6) is 0 Å². The lowest BCUT2D eigenvalue weighted by molar-refractivity contribution is -0.0549. The van der Waals surface area contributed by atoms with Gasteiger partial charge in [-0.25, -0.2) is 4.79 Å². The first kappa shape index (κ1) is 15.8. The average Bonchev–Trinajstić information content (AvgIpc) is 2.44. The lowest BCUT2D eigenvalue weighted by Crippen LogP contribution is -2.52. The Kier molecular flexibility index (Phi) is 5.23. The Hall–Kier alpha value is -1.55. The summed E-state index contributed by atoms with van der Waals surface area (Å²) < 4.78 is 5.68. The Morgan fingerprint density at radius 2 is 1.76 bits per heavy atom. The van der Waals surface area contributed by atoms with Crippen molar-refractivity contribution in [1.29, 1.82) is 0 Å². The van der Waals surface area contributed by atoms with Crippen molar-refractivity contribution < 1.29 is 9.53 Å². The lowest BCUT2D eigenvalue weighted by Gasteiger charge is -2.36. The molecule has 1 aromatic carbocycles. The molecule has 0 aliphatic carbocycles. The Morgan fingerprint density at radius 1 is 1.19 bits per heavy atom. The average molecular weight is 290 g/mol. The molecule has 1 fully saturated rings. The van der Waals surface area contributed by atoms with Crippen LogP contribution in [0.25, 0.3) is 0 Å². The molecule has 0 radical (unpaired) electrons. The standard InChI is InChI=1S/C17H26N2O2/c1-12(2)16(15-8-6-5-7-9-15)18-17(20)19-10-13(3)21-14(4)11-19/h5-9,12-14,16H,10-11H2,1-4H3,(H,18,20). The molecular weight excluding hydrogens is 264 g/mol. The number of carbonyl (C=O) groups excluding carboxylic acids is 1. The van der Waals surface area contributed by atoms with Crippen LogP contribution in [0.4, 0.5) is 4.79 Å². The van der Waals surface area contributed by atoms with E-state index in [-0.39, 0.29) is 24.3 Å². The summed E-state index contributed by atoms with van der Waals surface area (Å²) in [6.07, 6.45) is 0.183. The summed E-state index contributed by atoms with van der Waals surface area (Å²) in [4.78, 5) is 14.4. The fourth-order valence-corrected chi connectivity index (χ4v) is 2.86. The fourth-order valence-electron chi connectivity index (χ4n) is 2.86. The van der Waals surface area contributed by atoms with E-state index in [1.165, 1.54) is 0 Å². The second-order valence-corrected chi connectivity index (χ2v) is 6.24. The summed E-state index contributed by atoms with van der Waals surface area (Å²) in [5, 5.41) is 3.18. The van der Waals surface area contributed by atoms with Crippen LogP contribution in [0, 0.1) is 5.92 Å². The normalized spacial score (nSPS) is 24.0. The predicted octanol–water partition coefficient (Wildman–Crippen LogP) is 3.20. The molecule has 1 aromatic rings. The minimum absolute atomic E-state index is 0.000414. The second kappa shape index (κ2) is 6.94. The van der Waals surface area contributed by atoms with Crippen molar-refractivity contribution in [2.24, 2.45) is 5.92 Å². The van der Waals surface area contributed by atoms with E-state index in [0.29, 0.717) is 19.0 Å². The zero-order valence-corrected chi connectivity index (χ0v) is 13.4. The summed E-state index contributed by atoms with van der Waals surface area (Å²) in [6.45, 7) is 9.57. The van der Waals surface area contributed by atoms with Gasteiger partial charge in [0, 0.05) is 13.1 Å². The van der Waals surface area contributed by atoms with Gasteiger partial charge in [-0.1, -0.05) is 44.2 Å². The fraction of sp³-hybridized carbons (Fsp3) is 0.588. The van der Waals surface area contributed by atoms with Gasteiger partial charge in [-0.05, 0) is 25.3 Å². The first-order valence-electron chi connectivity index (χ1n) is 7.73. The van der Waals surface area contributed by atoms with Gasteiger partial charge in [0.25, 0.3) is 0 Å². The number of benzene rings is 1. The first-order chi connectivity index (χ1) is 9.97. The third-order valence-electron chi connectivity index (χ3n) is 3.81. The van der Waals surface area contributed by atoms with Gasteiger partial charge in [-0.2, -0.15) is 0 Å². The van der Waals surface area contributed by atoms with Crippen molar-refractivity contribution in [3.63, 3.8) is 0 Å². The molecule has 4 nitrogen and oxygen atoms in total. The number of hydrogen-bond donors (Lipinski definition) is 1. The van der Waals surface area contributed by atoms with E-state index in [1.807, 2.05) is 36.9 Å². The summed E-state index contributed by atoms with van der Waals surface area (Å²) in [5.74, 6) is 0.340. The highest BCUT2D eigenvalue weighted by molar-refractivity contribution is 5.75. The topological polar surface area (TPSA) is 41.6 Å². The molecule has 1 aliphatic rings. The van der Waals surface area contributed by atoms with Crippen molar-refractivity contribution >= 4 is 6.03 Å². The van der Waals surface area contributed by atoms with Gasteiger partial charge < -0.3 is 15.0 Å². The van der Waals surface area contributed by atoms with Gasteiger partial charge in [0.05, 0.1) is 18.2 Å². The zero-order chi connectivity index (χ0) is 15.4. The molecule has 116 valence electrons. The largest absolute Gasteiger partial charge is 0.372 e. The van der Waals surface area contributed by atoms with Crippen LogP contribution in [0.1, 0.15) is 39.3 Å². The number of nitrogens with zero attached hydrogens (tertiary/aromatic N) is 1.